The SMILES string of the molecule is Cc1[nH]c2ccccc2c1CC(=O)N(C)C(C)c1ccncc1. The third-order valence-corrected chi connectivity index (χ3v) is 4.52. The summed E-state index contributed by atoms with van der Waals surface area (Å²) < 4.78 is 0. The van der Waals surface area contributed by atoms with Crippen LogP contribution in [0.2, 0.25) is 0 Å². The summed E-state index contributed by atoms with van der Waals surface area (Å²) in [6.07, 6.45) is 3.92. The van der Waals surface area contributed by atoms with E-state index in [0.717, 1.165) is 27.7 Å². The molecule has 0 spiro atoms. The number of likely N-dealkylation sites (N-methyl/N-ethyl adjacent to an activating group) is 1. The van der Waals surface area contributed by atoms with Crippen LogP contribution in [0.1, 0.15) is 29.8 Å². The molecule has 1 aromatic carbocycles. The van der Waals surface area contributed by atoms with Crippen LogP contribution in [0.15, 0.2) is 48.8 Å². The van der Waals surface area contributed by atoms with E-state index in [-0.39, 0.29) is 11.9 Å². The van der Waals surface area contributed by atoms with E-state index in [4.69, 9.17) is 0 Å². The van der Waals surface area contributed by atoms with Gasteiger partial charge in [0.05, 0.1) is 12.5 Å². The van der Waals surface area contributed by atoms with Gasteiger partial charge in [-0.2, -0.15) is 0 Å². The van der Waals surface area contributed by atoms with E-state index < -0.39 is 0 Å². The van der Waals surface area contributed by atoms with Gasteiger partial charge < -0.3 is 9.88 Å². The van der Waals surface area contributed by atoms with Gasteiger partial charge in [-0.05, 0) is 43.2 Å². The van der Waals surface area contributed by atoms with E-state index in [1.54, 1.807) is 17.3 Å². The molecule has 0 radical (unpaired) electrons. The maximum Gasteiger partial charge on any atom is 0.227 e. The maximum atomic E-state index is 12.7. The van der Waals surface area contributed by atoms with E-state index in [1.165, 1.54) is 0 Å². The molecule has 23 heavy (non-hydrogen) atoms. The van der Waals surface area contributed by atoms with Crippen molar-refractivity contribution in [3.63, 3.8) is 0 Å². The zero-order chi connectivity index (χ0) is 16.4. The zero-order valence-electron chi connectivity index (χ0n) is 13.7. The fraction of sp³-hybridized carbons (Fsp3) is 0.263. The normalized spacial score (nSPS) is 12.3. The number of benzene rings is 1. The number of para-hydroxylation sites is 1. The fourth-order valence-corrected chi connectivity index (χ4v) is 2.92. The van der Waals surface area contributed by atoms with Crippen LogP contribution in [0.4, 0.5) is 0 Å². The molecule has 2 aromatic heterocycles. The predicted octanol–water partition coefficient (Wildman–Crippen LogP) is 3.63. The van der Waals surface area contributed by atoms with Crippen molar-refractivity contribution >= 4 is 16.8 Å². The topological polar surface area (TPSA) is 49.0 Å². The highest BCUT2D eigenvalue weighted by molar-refractivity contribution is 5.90. The van der Waals surface area contributed by atoms with Crippen LogP contribution < -0.4 is 0 Å². The van der Waals surface area contributed by atoms with Crippen molar-refractivity contribution in [2.45, 2.75) is 26.3 Å². The minimum atomic E-state index is 0.0241. The molecule has 1 unspecified atom stereocenters. The molecule has 1 amide bonds. The number of fused-ring (bicyclic) bond motifs is 1. The number of rotatable bonds is 4. The lowest BCUT2D eigenvalue weighted by atomic mass is 10.1. The zero-order valence-corrected chi connectivity index (χ0v) is 13.7. The van der Waals surface area contributed by atoms with Gasteiger partial charge in [0.25, 0.3) is 0 Å². The molecule has 3 aromatic rings. The lowest BCUT2D eigenvalue weighted by Gasteiger charge is -2.25. The number of aromatic amines is 1. The highest BCUT2D eigenvalue weighted by atomic mass is 16.2. The quantitative estimate of drug-likeness (QED) is 0.800. The lowest BCUT2D eigenvalue weighted by molar-refractivity contribution is -0.131. The van der Waals surface area contributed by atoms with Crippen LogP contribution in [0.3, 0.4) is 0 Å². The molecule has 0 aliphatic heterocycles. The van der Waals surface area contributed by atoms with E-state index in [0.29, 0.717) is 6.42 Å². The maximum absolute atomic E-state index is 12.7. The summed E-state index contributed by atoms with van der Waals surface area (Å²) in [4.78, 5) is 21.9. The van der Waals surface area contributed by atoms with Crippen molar-refractivity contribution in [3.8, 4) is 0 Å². The Morgan fingerprint density at radius 2 is 1.91 bits per heavy atom. The Hall–Kier alpha value is -2.62. The summed E-state index contributed by atoms with van der Waals surface area (Å²) >= 11 is 0. The second kappa shape index (κ2) is 6.24. The van der Waals surface area contributed by atoms with Crippen LogP contribution in [0.5, 0.6) is 0 Å². The summed E-state index contributed by atoms with van der Waals surface area (Å²) in [6.45, 7) is 4.06. The number of nitrogens with one attached hydrogen (secondary N) is 1. The summed E-state index contributed by atoms with van der Waals surface area (Å²) in [5.74, 6) is 0.113. The van der Waals surface area contributed by atoms with Gasteiger partial charge in [-0.25, -0.2) is 0 Å². The standard InChI is InChI=1S/C19H21N3O/c1-13-17(16-6-4-5-7-18(16)21-13)12-19(23)22(3)14(2)15-8-10-20-11-9-15/h4-11,14,21H,12H2,1-3H3. The van der Waals surface area contributed by atoms with E-state index in [1.807, 2.05) is 51.2 Å². The number of hydrogen-bond donors (Lipinski definition) is 1. The van der Waals surface area contributed by atoms with Gasteiger partial charge in [-0.1, -0.05) is 18.2 Å². The number of H-pyrrole nitrogens is 1. The van der Waals surface area contributed by atoms with Gasteiger partial charge in [0, 0.05) is 36.0 Å². The summed E-state index contributed by atoms with van der Waals surface area (Å²) in [7, 11) is 1.86. The number of hydrogen-bond acceptors (Lipinski definition) is 2. The Balaban J connectivity index is 1.82. The molecule has 4 nitrogen and oxygen atoms in total. The number of nitrogens with zero attached hydrogens (tertiary/aromatic N) is 2. The first-order chi connectivity index (χ1) is 11.1. The number of carbonyl (C=O) groups excluding carboxylic acids is 1. The molecule has 4 heteroatoms. The number of aromatic nitrogens is 2. The average molecular weight is 307 g/mol. The molecule has 3 rings (SSSR count). The summed E-state index contributed by atoms with van der Waals surface area (Å²) in [5, 5.41) is 1.13. The highest BCUT2D eigenvalue weighted by Crippen LogP contribution is 2.24. The molecular formula is C19H21N3O. The third kappa shape index (κ3) is 2.97. The number of aryl methyl sites for hydroxylation is 1. The Bertz CT molecular complexity index is 823. The Morgan fingerprint density at radius 1 is 1.22 bits per heavy atom. The van der Waals surface area contributed by atoms with Crippen LogP contribution >= 0.6 is 0 Å². The second-order valence-electron chi connectivity index (χ2n) is 5.91. The summed E-state index contributed by atoms with van der Waals surface area (Å²) in [6, 6.07) is 12.0. The summed E-state index contributed by atoms with van der Waals surface area (Å²) in [5.41, 5.74) is 4.31. The lowest BCUT2D eigenvalue weighted by Crippen LogP contribution is -2.31. The van der Waals surface area contributed by atoms with Gasteiger partial charge in [0.15, 0.2) is 0 Å². The van der Waals surface area contributed by atoms with Gasteiger partial charge in [-0.15, -0.1) is 0 Å². The molecule has 0 bridgehead atoms. The fourth-order valence-electron chi connectivity index (χ4n) is 2.92. The number of amides is 1. The molecule has 0 aliphatic rings. The van der Waals surface area contributed by atoms with Gasteiger partial charge in [-0.3, -0.25) is 9.78 Å². The third-order valence-electron chi connectivity index (χ3n) is 4.52. The van der Waals surface area contributed by atoms with Gasteiger partial charge >= 0.3 is 0 Å². The number of carbonyl (C=O) groups is 1. The van der Waals surface area contributed by atoms with E-state index in [2.05, 4.69) is 16.0 Å². The first-order valence-electron chi connectivity index (χ1n) is 7.79. The number of pyridine rings is 1. The van der Waals surface area contributed by atoms with Crippen molar-refractivity contribution in [2.75, 3.05) is 7.05 Å². The first-order valence-corrected chi connectivity index (χ1v) is 7.79. The van der Waals surface area contributed by atoms with Crippen molar-refractivity contribution in [1.29, 1.82) is 0 Å². The predicted molar refractivity (Wildman–Crippen MR) is 92.2 cm³/mol. The van der Waals surface area contributed by atoms with Crippen molar-refractivity contribution in [2.24, 2.45) is 0 Å². The molecule has 0 saturated carbocycles. The van der Waals surface area contributed by atoms with E-state index >= 15 is 0 Å². The molecule has 0 fully saturated rings. The molecule has 0 saturated heterocycles. The Kier molecular flexibility index (Phi) is 4.15. The van der Waals surface area contributed by atoms with Crippen molar-refractivity contribution in [1.82, 2.24) is 14.9 Å². The monoisotopic (exact) mass is 307 g/mol. The highest BCUT2D eigenvalue weighted by Gasteiger charge is 2.20. The average Bonchev–Trinajstić information content (AvgIpc) is 2.90. The van der Waals surface area contributed by atoms with Gasteiger partial charge in [0.1, 0.15) is 0 Å². The van der Waals surface area contributed by atoms with Crippen molar-refractivity contribution < 1.29 is 4.79 Å². The smallest absolute Gasteiger partial charge is 0.227 e. The van der Waals surface area contributed by atoms with Crippen LogP contribution in [0, 0.1) is 6.92 Å². The first kappa shape index (κ1) is 15.3. The Labute approximate surface area is 136 Å². The molecule has 1 atom stereocenters. The molecule has 118 valence electrons. The molecule has 2 heterocycles. The van der Waals surface area contributed by atoms with Gasteiger partial charge in [0.2, 0.25) is 5.91 Å². The van der Waals surface area contributed by atoms with Crippen LogP contribution in [0.25, 0.3) is 10.9 Å². The largest absolute Gasteiger partial charge is 0.358 e. The Morgan fingerprint density at radius 3 is 2.65 bits per heavy atom. The minimum absolute atomic E-state index is 0.0241. The van der Waals surface area contributed by atoms with Crippen molar-refractivity contribution in [3.05, 3.63) is 65.6 Å². The molecule has 1 N–H and O–H groups in total. The van der Waals surface area contributed by atoms with Crippen LogP contribution in [-0.4, -0.2) is 27.8 Å². The minimum Gasteiger partial charge on any atom is -0.358 e. The molecular weight excluding hydrogens is 286 g/mol. The molecule has 0 aliphatic carbocycles. The van der Waals surface area contributed by atoms with Crippen LogP contribution in [-0.2, 0) is 11.2 Å². The van der Waals surface area contributed by atoms with E-state index in [9.17, 15) is 4.79 Å². The second-order valence-corrected chi connectivity index (χ2v) is 5.91.